The zero-order chi connectivity index (χ0) is 76.4. The molecule has 3 amide bonds. The molecule has 7 aromatic rings. The van der Waals surface area contributed by atoms with Gasteiger partial charge in [-0.1, -0.05) is 107 Å². The summed E-state index contributed by atoms with van der Waals surface area (Å²) in [6.45, 7) is 3.49. The van der Waals surface area contributed by atoms with E-state index < -0.39 is 17.5 Å². The number of fused-ring (bicyclic) bond motifs is 4. The molecule has 4 aliphatic heterocycles. The standard InChI is InChI=1S/C25H31N3O3.C24H27F2N3O.C24H29N3O.C16H23N3/c1-28(2)22-14-17-13-19(16-9-6-5-7-10-16)26-20(17)15-21(22)27-25(29)18-11-8-12-23(30-3)24(18)31-4;1-14-9-10-17(23(26)22(14)25)24(30)28-20-13-19-16(12-21(20)29(2)3)11-18(27-19)15-7-5-4-6-8-15;1-16-9-11-18(12-10-16)24(28)26-22-15-21-19(14-23(22)27(2)3)13-20(25-21)17-7-5-4-6-8-17;1-19(2)16-9-12-8-14(11-6-4-3-5-7-11)18-15(12)10-13(16)17/h8,11-12,14-16H,5-7,9-10,13H2,1-4H3,(H,27,29);9-10,12-13,15H,4-8,11H2,1-3H3,(H,28,30);9-12,14-15,17H,4-8,13H2,1-3H3,(H,26,28);9-11H,3-8,17H2,1-2H3. The molecule has 4 aliphatic carbocycles. The first kappa shape index (κ1) is 77.7. The SMILES string of the molecule is CN(C)c1cc2c(cc1N)N=C(C1CCCCC1)C2.COc1cccc(C(=O)Nc2cc3c(cc2N(C)C)CC(C2CCCCC2)=N3)c1OC.Cc1ccc(C(=O)Nc2cc3c(cc2N(C)C)CC(C2CCCCC2)=N3)c(F)c1F.Cc1ccc(C(=O)Nc2cc3c(cc2N(C)C)CC(C2CCCCC2)=N3)cc1. The van der Waals surface area contributed by atoms with E-state index in [9.17, 15) is 23.2 Å². The smallest absolute Gasteiger partial charge is 0.259 e. The van der Waals surface area contributed by atoms with Crippen LogP contribution in [0.2, 0.25) is 0 Å². The number of amides is 3. The number of halogens is 2. The highest BCUT2D eigenvalue weighted by atomic mass is 19.2. The summed E-state index contributed by atoms with van der Waals surface area (Å²) in [6, 6.07) is 32.2. The third-order valence-electron chi connectivity index (χ3n) is 22.8. The van der Waals surface area contributed by atoms with Gasteiger partial charge in [-0.3, -0.25) is 34.4 Å². The maximum atomic E-state index is 14.3. The Bertz CT molecular complexity index is 4590. The van der Waals surface area contributed by atoms with Crippen LogP contribution in [0.5, 0.6) is 11.5 Å². The Morgan fingerprint density at radius 2 is 0.759 bits per heavy atom. The summed E-state index contributed by atoms with van der Waals surface area (Å²) in [6.07, 6.45) is 29.7. The highest BCUT2D eigenvalue weighted by Gasteiger charge is 2.32. The van der Waals surface area contributed by atoms with Gasteiger partial charge < -0.3 is 50.8 Å². The van der Waals surface area contributed by atoms with Gasteiger partial charge in [0.05, 0.1) is 93.6 Å². The molecule has 4 heterocycles. The van der Waals surface area contributed by atoms with E-state index in [-0.39, 0.29) is 22.9 Å². The number of nitrogens with two attached hydrogens (primary N) is 1. The van der Waals surface area contributed by atoms with Gasteiger partial charge in [-0.15, -0.1) is 0 Å². The summed E-state index contributed by atoms with van der Waals surface area (Å²) in [7, 11) is 19.0. The van der Waals surface area contributed by atoms with Crippen LogP contribution in [-0.2, 0) is 25.7 Å². The lowest BCUT2D eigenvalue weighted by molar-refractivity contribution is 0.101. The number of carbonyl (C=O) groups is 3. The number of nitrogen functional groups attached to an aromatic ring is 1. The summed E-state index contributed by atoms with van der Waals surface area (Å²) in [5, 5.41) is 8.94. The van der Waals surface area contributed by atoms with Gasteiger partial charge in [0.1, 0.15) is 0 Å². The van der Waals surface area contributed by atoms with Crippen molar-refractivity contribution in [2.24, 2.45) is 43.6 Å². The average molecular weight is 1470 g/mol. The molecule has 5 N–H and O–H groups in total. The average Bonchev–Trinajstić information content (AvgIpc) is 1.67. The number of carbonyl (C=O) groups excluding carboxylic acids is 3. The highest BCUT2D eigenvalue weighted by molar-refractivity contribution is 6.11. The lowest BCUT2D eigenvalue weighted by atomic mass is 9.84. The third-order valence-corrected chi connectivity index (χ3v) is 22.8. The normalized spacial score (nSPS) is 16.7. The van der Waals surface area contributed by atoms with Crippen molar-refractivity contribution in [2.75, 3.05) is 112 Å². The van der Waals surface area contributed by atoms with Gasteiger partial charge in [0.25, 0.3) is 17.7 Å². The molecule has 0 aromatic heterocycles. The molecule has 0 bridgehead atoms. The number of para-hydroxylation sites is 1. The fraction of sp³-hybridized carbons (Fsp3) is 0.449. The van der Waals surface area contributed by atoms with Crippen LogP contribution in [0.4, 0.5) is 77.0 Å². The minimum Gasteiger partial charge on any atom is -0.493 e. The molecule has 8 aliphatic rings. The summed E-state index contributed by atoms with van der Waals surface area (Å²) in [5.74, 6) is 0.310. The molecule has 0 saturated heterocycles. The van der Waals surface area contributed by atoms with E-state index >= 15 is 0 Å². The summed E-state index contributed by atoms with van der Waals surface area (Å²) in [5.41, 5.74) is 29.3. The van der Waals surface area contributed by atoms with E-state index in [4.69, 9.17) is 35.2 Å². The van der Waals surface area contributed by atoms with Gasteiger partial charge in [0.2, 0.25) is 0 Å². The van der Waals surface area contributed by atoms with Crippen molar-refractivity contribution < 1.29 is 32.6 Å². The van der Waals surface area contributed by atoms with Gasteiger partial charge in [0.15, 0.2) is 23.1 Å². The molecule has 0 radical (unpaired) electrons. The van der Waals surface area contributed by atoms with Crippen molar-refractivity contribution in [1.82, 2.24) is 0 Å². The van der Waals surface area contributed by atoms with Crippen LogP contribution >= 0.6 is 0 Å². The number of nitrogens with zero attached hydrogens (tertiary/aromatic N) is 8. The van der Waals surface area contributed by atoms with E-state index in [0.29, 0.717) is 52.0 Å². The predicted octanol–water partition coefficient (Wildman–Crippen LogP) is 20.1. The molecule has 4 saturated carbocycles. The number of anilines is 8. The van der Waals surface area contributed by atoms with Gasteiger partial charge in [0, 0.05) is 110 Å². The first-order chi connectivity index (χ1) is 52.0. The first-order valence-corrected chi connectivity index (χ1v) is 39.1. The lowest BCUT2D eigenvalue weighted by Gasteiger charge is -2.21. The number of ether oxygens (including phenoxy) is 2. The van der Waals surface area contributed by atoms with Crippen LogP contribution in [0, 0.1) is 49.2 Å². The largest absolute Gasteiger partial charge is 0.493 e. The second-order valence-electron chi connectivity index (χ2n) is 31.4. The Morgan fingerprint density at radius 3 is 1.12 bits per heavy atom. The third kappa shape index (κ3) is 18.1. The van der Waals surface area contributed by atoms with Gasteiger partial charge in [-0.2, -0.15) is 0 Å². The zero-order valence-corrected chi connectivity index (χ0v) is 65.5. The molecule has 17 nitrogen and oxygen atoms in total. The van der Waals surface area contributed by atoms with E-state index in [0.717, 1.165) is 99.4 Å². The predicted molar refractivity (Wildman–Crippen MR) is 443 cm³/mol. The van der Waals surface area contributed by atoms with E-state index in [1.165, 1.54) is 194 Å². The number of benzene rings is 7. The van der Waals surface area contributed by atoms with Crippen molar-refractivity contribution in [3.8, 4) is 11.5 Å². The van der Waals surface area contributed by atoms with Crippen molar-refractivity contribution in [1.29, 1.82) is 0 Å². The molecule has 7 aromatic carbocycles. The maximum absolute atomic E-state index is 14.3. The Hall–Kier alpha value is -9.91. The molecule has 570 valence electrons. The van der Waals surface area contributed by atoms with Crippen molar-refractivity contribution in [3.63, 3.8) is 0 Å². The maximum Gasteiger partial charge on any atom is 0.259 e. The van der Waals surface area contributed by atoms with Crippen LogP contribution in [0.1, 0.15) is 193 Å². The van der Waals surface area contributed by atoms with E-state index in [1.807, 2.05) is 128 Å². The highest BCUT2D eigenvalue weighted by Crippen LogP contribution is 2.45. The summed E-state index contributed by atoms with van der Waals surface area (Å²) < 4.78 is 39.0. The van der Waals surface area contributed by atoms with Crippen LogP contribution < -0.4 is 50.8 Å². The first-order valence-electron chi connectivity index (χ1n) is 39.1. The Labute approximate surface area is 638 Å². The van der Waals surface area contributed by atoms with Gasteiger partial charge >= 0.3 is 0 Å². The monoisotopic (exact) mass is 1460 g/mol. The molecule has 4 fully saturated rings. The van der Waals surface area contributed by atoms with Crippen LogP contribution in [0.25, 0.3) is 0 Å². The number of rotatable bonds is 16. The minimum atomic E-state index is -1.13. The van der Waals surface area contributed by atoms with Crippen molar-refractivity contribution >= 4 is 109 Å². The Morgan fingerprint density at radius 1 is 0.407 bits per heavy atom. The number of hydrogen-bond donors (Lipinski definition) is 4. The molecular formula is C89H110F2N12O5. The number of aryl methyl sites for hydroxylation is 2. The Balaban J connectivity index is 0.000000136. The summed E-state index contributed by atoms with van der Waals surface area (Å²) in [4.78, 5) is 66.4. The zero-order valence-electron chi connectivity index (χ0n) is 65.5. The van der Waals surface area contributed by atoms with E-state index in [1.54, 1.807) is 25.3 Å². The quantitative estimate of drug-likeness (QED) is 0.0676. The second kappa shape index (κ2) is 35.0. The molecule has 0 spiro atoms. The molecule has 0 unspecified atom stereocenters. The number of methoxy groups -OCH3 is 2. The lowest BCUT2D eigenvalue weighted by Crippen LogP contribution is -2.19. The number of nitrogens with one attached hydrogen (secondary N) is 3. The van der Waals surface area contributed by atoms with Crippen LogP contribution in [0.15, 0.2) is 123 Å². The van der Waals surface area contributed by atoms with Gasteiger partial charge in [-0.25, -0.2) is 8.78 Å². The Kier molecular flexibility index (Phi) is 25.2. The number of hydrogen-bond acceptors (Lipinski definition) is 14. The second-order valence-corrected chi connectivity index (χ2v) is 31.4. The van der Waals surface area contributed by atoms with Crippen molar-refractivity contribution in [2.45, 2.75) is 168 Å². The topological polar surface area (TPSA) is 194 Å². The van der Waals surface area contributed by atoms with Crippen LogP contribution in [-0.4, -0.2) is 111 Å². The van der Waals surface area contributed by atoms with Crippen molar-refractivity contribution in [3.05, 3.63) is 165 Å². The molecule has 19 heteroatoms. The molecule has 15 rings (SSSR count). The molecule has 0 atom stereocenters. The minimum absolute atomic E-state index is 0.0856. The molecular weight excluding hydrogens is 1360 g/mol. The molecule has 108 heavy (non-hydrogen) atoms. The van der Waals surface area contributed by atoms with E-state index in [2.05, 4.69) is 43.9 Å². The summed E-state index contributed by atoms with van der Waals surface area (Å²) >= 11 is 0. The van der Waals surface area contributed by atoms with Gasteiger partial charge in [-0.05, 0) is 196 Å². The number of aliphatic imine (C=N–C) groups is 4. The fourth-order valence-corrected chi connectivity index (χ4v) is 16.7. The van der Waals surface area contributed by atoms with Crippen LogP contribution in [0.3, 0.4) is 0 Å². The fourth-order valence-electron chi connectivity index (χ4n) is 16.7.